The Bertz CT molecular complexity index is 612. The summed E-state index contributed by atoms with van der Waals surface area (Å²) < 4.78 is 6.18. The molecule has 0 fully saturated rings. The fourth-order valence-electron chi connectivity index (χ4n) is 1.64. The number of amides is 1. The number of hydrogen-bond donors (Lipinski definition) is 2. The lowest BCUT2D eigenvalue weighted by Gasteiger charge is -2.13. The van der Waals surface area contributed by atoms with Crippen LogP contribution in [0.4, 0.5) is 0 Å². The van der Waals surface area contributed by atoms with Crippen LogP contribution in [0.1, 0.15) is 16.1 Å². The Labute approximate surface area is 123 Å². The van der Waals surface area contributed by atoms with E-state index in [9.17, 15) is 9.59 Å². The summed E-state index contributed by atoms with van der Waals surface area (Å²) in [4.78, 5) is 23.7. The van der Waals surface area contributed by atoms with Crippen LogP contribution in [0.5, 0.6) is 0 Å². The lowest BCUT2D eigenvalue weighted by molar-refractivity contribution is -0.139. The molecule has 9 nitrogen and oxygen atoms in total. The van der Waals surface area contributed by atoms with E-state index in [1.54, 1.807) is 11.4 Å². The van der Waals surface area contributed by atoms with E-state index < -0.39 is 17.9 Å². The molecule has 1 unspecified atom stereocenters. The van der Waals surface area contributed by atoms with E-state index >= 15 is 0 Å². The number of aliphatic carboxylic acids is 1. The largest absolute Gasteiger partial charge is 0.480 e. The molecule has 0 bridgehead atoms. The van der Waals surface area contributed by atoms with Crippen molar-refractivity contribution >= 4 is 23.2 Å². The quantitative estimate of drug-likeness (QED) is 0.735. The van der Waals surface area contributed by atoms with E-state index in [2.05, 4.69) is 20.8 Å². The van der Waals surface area contributed by atoms with Crippen molar-refractivity contribution in [1.29, 1.82) is 0 Å². The van der Waals surface area contributed by atoms with Gasteiger partial charge >= 0.3 is 5.97 Å². The van der Waals surface area contributed by atoms with Crippen LogP contribution in [0.2, 0.25) is 0 Å². The van der Waals surface area contributed by atoms with Crippen LogP contribution in [0.25, 0.3) is 5.69 Å². The lowest BCUT2D eigenvalue weighted by atomic mass is 10.2. The molecule has 1 amide bonds. The van der Waals surface area contributed by atoms with E-state index in [0.29, 0.717) is 10.6 Å². The van der Waals surface area contributed by atoms with Crippen LogP contribution in [-0.2, 0) is 9.53 Å². The number of nitrogens with zero attached hydrogens (tertiary/aromatic N) is 4. The van der Waals surface area contributed by atoms with Gasteiger partial charge in [-0.15, -0.1) is 16.4 Å². The van der Waals surface area contributed by atoms with Gasteiger partial charge in [0, 0.05) is 20.1 Å². The molecule has 0 aliphatic heterocycles. The minimum Gasteiger partial charge on any atom is -0.480 e. The third-order valence-corrected chi connectivity index (χ3v) is 3.56. The zero-order valence-electron chi connectivity index (χ0n) is 11.1. The van der Waals surface area contributed by atoms with Crippen LogP contribution in [0, 0.1) is 0 Å². The summed E-state index contributed by atoms with van der Waals surface area (Å²) >= 11 is 1.18. The number of ether oxygens (including phenoxy) is 1. The highest BCUT2D eigenvalue weighted by Gasteiger charge is 2.23. The van der Waals surface area contributed by atoms with E-state index in [4.69, 9.17) is 9.84 Å². The van der Waals surface area contributed by atoms with Crippen LogP contribution < -0.4 is 5.32 Å². The normalized spacial score (nSPS) is 12.0. The zero-order chi connectivity index (χ0) is 15.2. The Morgan fingerprint density at radius 3 is 3.00 bits per heavy atom. The Hall–Kier alpha value is -2.33. The summed E-state index contributed by atoms with van der Waals surface area (Å²) in [6.45, 7) is 0.238. The third kappa shape index (κ3) is 3.61. The molecule has 2 aromatic rings. The highest BCUT2D eigenvalue weighted by molar-refractivity contribution is 7.12. The molecule has 0 radical (unpaired) electrons. The number of methoxy groups -OCH3 is 1. The van der Waals surface area contributed by atoms with Gasteiger partial charge in [-0.1, -0.05) is 0 Å². The van der Waals surface area contributed by atoms with Crippen molar-refractivity contribution in [3.63, 3.8) is 0 Å². The van der Waals surface area contributed by atoms with Gasteiger partial charge in [-0.3, -0.25) is 4.79 Å². The molecule has 0 saturated carbocycles. The highest BCUT2D eigenvalue weighted by atomic mass is 32.1. The molecular formula is C11H13N5O4S. The molecule has 0 aliphatic carbocycles. The molecule has 10 heteroatoms. The molecular weight excluding hydrogens is 298 g/mol. The van der Waals surface area contributed by atoms with Crippen molar-refractivity contribution < 1.29 is 19.4 Å². The second-order valence-electron chi connectivity index (χ2n) is 4.04. The molecule has 2 aromatic heterocycles. The van der Waals surface area contributed by atoms with Gasteiger partial charge in [0.1, 0.15) is 17.2 Å². The number of carboxylic acids is 1. The lowest BCUT2D eigenvalue weighted by Crippen LogP contribution is -2.41. The monoisotopic (exact) mass is 311 g/mol. The summed E-state index contributed by atoms with van der Waals surface area (Å²) in [6.07, 6.45) is 1.54. The zero-order valence-corrected chi connectivity index (χ0v) is 11.9. The number of carbonyl (C=O) groups excluding carboxylic acids is 1. The predicted molar refractivity (Wildman–Crippen MR) is 72.4 cm³/mol. The minimum absolute atomic E-state index is 0.184. The topological polar surface area (TPSA) is 119 Å². The fraction of sp³-hybridized carbons (Fsp3) is 0.364. The second kappa shape index (κ2) is 6.90. The number of rotatable bonds is 7. The molecule has 112 valence electrons. The van der Waals surface area contributed by atoms with E-state index in [1.165, 1.54) is 29.5 Å². The average molecular weight is 311 g/mol. The standard InChI is InChI=1S/C11H13N5O4S/c1-20-4-2-7(11(18)19)13-10(17)9-8(3-5-21-9)16-6-12-14-15-16/h3,5-7H,2,4H2,1H3,(H,13,17)(H,18,19). The number of tetrazole rings is 1. The Balaban J connectivity index is 2.13. The van der Waals surface area contributed by atoms with Gasteiger partial charge in [-0.25, -0.2) is 4.79 Å². The first-order chi connectivity index (χ1) is 10.1. The number of nitrogens with one attached hydrogen (secondary N) is 1. The summed E-state index contributed by atoms with van der Waals surface area (Å²) in [6, 6.07) is 0.669. The highest BCUT2D eigenvalue weighted by Crippen LogP contribution is 2.20. The molecule has 2 rings (SSSR count). The van der Waals surface area contributed by atoms with E-state index in [1.807, 2.05) is 0 Å². The van der Waals surface area contributed by atoms with E-state index in [-0.39, 0.29) is 13.0 Å². The third-order valence-electron chi connectivity index (χ3n) is 2.66. The Morgan fingerprint density at radius 1 is 1.57 bits per heavy atom. The van der Waals surface area contributed by atoms with Gasteiger partial charge < -0.3 is 15.2 Å². The van der Waals surface area contributed by atoms with Crippen molar-refractivity contribution in [3.05, 3.63) is 22.7 Å². The molecule has 0 aliphatic rings. The molecule has 2 heterocycles. The van der Waals surface area contributed by atoms with Gasteiger partial charge in [0.05, 0.1) is 5.69 Å². The van der Waals surface area contributed by atoms with Gasteiger partial charge in [0.25, 0.3) is 5.91 Å². The summed E-state index contributed by atoms with van der Waals surface area (Å²) in [7, 11) is 1.47. The first-order valence-corrected chi connectivity index (χ1v) is 6.85. The minimum atomic E-state index is -1.11. The molecule has 0 saturated heterocycles. The van der Waals surface area contributed by atoms with Crippen molar-refractivity contribution in [2.45, 2.75) is 12.5 Å². The summed E-state index contributed by atoms with van der Waals surface area (Å²) in [5.74, 6) is -1.60. The number of carbonyl (C=O) groups is 2. The van der Waals surface area contributed by atoms with Gasteiger partial charge in [0.2, 0.25) is 0 Å². The first-order valence-electron chi connectivity index (χ1n) is 5.97. The van der Waals surface area contributed by atoms with Crippen molar-refractivity contribution in [1.82, 2.24) is 25.5 Å². The summed E-state index contributed by atoms with van der Waals surface area (Å²) in [5.41, 5.74) is 0.499. The Morgan fingerprint density at radius 2 is 2.38 bits per heavy atom. The number of carboxylic acid groups (broad SMARTS) is 1. The van der Waals surface area contributed by atoms with Gasteiger partial charge in [-0.05, 0) is 21.9 Å². The molecule has 1 atom stereocenters. The van der Waals surface area contributed by atoms with Crippen LogP contribution in [0.15, 0.2) is 17.8 Å². The smallest absolute Gasteiger partial charge is 0.326 e. The second-order valence-corrected chi connectivity index (χ2v) is 4.95. The van der Waals surface area contributed by atoms with E-state index in [0.717, 1.165) is 0 Å². The van der Waals surface area contributed by atoms with Crippen molar-refractivity contribution in [2.75, 3.05) is 13.7 Å². The Kier molecular flexibility index (Phi) is 4.95. The number of hydrogen-bond acceptors (Lipinski definition) is 7. The maximum absolute atomic E-state index is 12.2. The van der Waals surface area contributed by atoms with Crippen molar-refractivity contribution in [2.24, 2.45) is 0 Å². The van der Waals surface area contributed by atoms with Gasteiger partial charge in [-0.2, -0.15) is 4.68 Å². The molecule has 0 spiro atoms. The maximum Gasteiger partial charge on any atom is 0.326 e. The SMILES string of the molecule is COCCC(NC(=O)c1sccc1-n1cnnn1)C(=O)O. The molecule has 0 aromatic carbocycles. The van der Waals surface area contributed by atoms with Crippen LogP contribution in [-0.4, -0.2) is 56.9 Å². The van der Waals surface area contributed by atoms with Crippen molar-refractivity contribution in [3.8, 4) is 5.69 Å². The van der Waals surface area contributed by atoms with Crippen LogP contribution >= 0.6 is 11.3 Å². The van der Waals surface area contributed by atoms with Gasteiger partial charge in [0.15, 0.2) is 0 Å². The van der Waals surface area contributed by atoms with Crippen LogP contribution in [0.3, 0.4) is 0 Å². The molecule has 2 N–H and O–H groups in total. The predicted octanol–water partition coefficient (Wildman–Crippen LogP) is -0.0567. The average Bonchev–Trinajstić information content (AvgIpc) is 3.11. The number of thiophene rings is 1. The summed E-state index contributed by atoms with van der Waals surface area (Å²) in [5, 5.41) is 24.0. The fourth-order valence-corrected chi connectivity index (χ4v) is 2.42. The number of aromatic nitrogens is 4. The first kappa shape index (κ1) is 15.1. The molecule has 21 heavy (non-hydrogen) atoms. The maximum atomic E-state index is 12.2.